The average Bonchev–Trinajstić information content (AvgIpc) is 2.93. The van der Waals surface area contributed by atoms with Crippen LogP contribution in [0, 0.1) is 0 Å². The number of unbranched alkanes of at least 4 members (excludes halogenated alkanes) is 15. The first-order chi connectivity index (χ1) is 19.8. The van der Waals surface area contributed by atoms with E-state index >= 15 is 0 Å². The quantitative estimate of drug-likeness (QED) is 0.0377. The Bertz CT molecular complexity index is 731. The molecule has 41 heavy (non-hydrogen) atoms. The van der Waals surface area contributed by atoms with Crippen LogP contribution in [0.15, 0.2) is 24.3 Å². The van der Waals surface area contributed by atoms with E-state index in [1.807, 2.05) is 12.2 Å². The minimum absolute atomic E-state index is 0.108. The third kappa shape index (κ3) is 31.3. The van der Waals surface area contributed by atoms with Gasteiger partial charge >= 0.3 is 19.8 Å². The van der Waals surface area contributed by atoms with Gasteiger partial charge in [0.15, 0.2) is 6.10 Å². The fourth-order valence-corrected chi connectivity index (χ4v) is 4.67. The highest BCUT2D eigenvalue weighted by atomic mass is 31.2. The Hall–Kier alpha value is -1.47. The fraction of sp³-hybridized carbons (Fsp3) is 0.812. The molecule has 1 atom stereocenters. The second-order valence-electron chi connectivity index (χ2n) is 10.8. The molecule has 0 aromatic rings. The maximum absolute atomic E-state index is 12.2. The lowest BCUT2D eigenvalue weighted by Crippen LogP contribution is -2.29. The molecule has 0 spiro atoms. The topological polar surface area (TPSA) is 119 Å². The third-order valence-corrected chi connectivity index (χ3v) is 7.22. The van der Waals surface area contributed by atoms with Gasteiger partial charge < -0.3 is 19.3 Å². The molecule has 0 saturated heterocycles. The number of hydrogen-bond donors (Lipinski definition) is 2. The summed E-state index contributed by atoms with van der Waals surface area (Å²) < 4.78 is 26.1. The van der Waals surface area contributed by atoms with Gasteiger partial charge in [-0.2, -0.15) is 0 Å². The van der Waals surface area contributed by atoms with Crippen LogP contribution in [0.25, 0.3) is 0 Å². The zero-order valence-electron chi connectivity index (χ0n) is 25.9. The smallest absolute Gasteiger partial charge is 0.462 e. The summed E-state index contributed by atoms with van der Waals surface area (Å²) >= 11 is 0. The molecule has 9 heteroatoms. The summed E-state index contributed by atoms with van der Waals surface area (Å²) in [6.45, 7) is 3.58. The average molecular weight is 603 g/mol. The number of phosphoric ester groups is 1. The zero-order valence-corrected chi connectivity index (χ0v) is 26.8. The molecule has 2 N–H and O–H groups in total. The zero-order chi connectivity index (χ0) is 30.4. The van der Waals surface area contributed by atoms with Crippen molar-refractivity contribution in [3.63, 3.8) is 0 Å². The molecule has 0 aliphatic rings. The van der Waals surface area contributed by atoms with Gasteiger partial charge in [-0.15, -0.1) is 0 Å². The number of allylic oxidation sites excluding steroid dienone is 4. The summed E-state index contributed by atoms with van der Waals surface area (Å²) in [7, 11) is -4.75. The minimum atomic E-state index is -4.75. The molecule has 8 nitrogen and oxygen atoms in total. The normalized spacial score (nSPS) is 12.8. The van der Waals surface area contributed by atoms with Crippen LogP contribution < -0.4 is 0 Å². The van der Waals surface area contributed by atoms with Crippen molar-refractivity contribution in [2.75, 3.05) is 13.2 Å². The Morgan fingerprint density at radius 1 is 0.634 bits per heavy atom. The lowest BCUT2D eigenvalue weighted by atomic mass is 10.1. The van der Waals surface area contributed by atoms with Gasteiger partial charge in [0.25, 0.3) is 0 Å². The number of phosphoric acid groups is 1. The number of rotatable bonds is 29. The van der Waals surface area contributed by atoms with Crippen LogP contribution in [0.4, 0.5) is 0 Å². The number of carbonyl (C=O) groups is 2. The van der Waals surface area contributed by atoms with E-state index in [-0.39, 0.29) is 19.4 Å². The van der Waals surface area contributed by atoms with Gasteiger partial charge in [-0.25, -0.2) is 4.57 Å². The molecule has 1 unspecified atom stereocenters. The molecule has 0 heterocycles. The van der Waals surface area contributed by atoms with Crippen molar-refractivity contribution in [3.8, 4) is 0 Å². The van der Waals surface area contributed by atoms with Gasteiger partial charge in [-0.05, 0) is 32.1 Å². The van der Waals surface area contributed by atoms with Crippen molar-refractivity contribution in [1.82, 2.24) is 0 Å². The van der Waals surface area contributed by atoms with Crippen molar-refractivity contribution < 1.29 is 37.9 Å². The van der Waals surface area contributed by atoms with Crippen LogP contribution in [-0.4, -0.2) is 41.0 Å². The molecule has 0 saturated carbocycles. The SMILES string of the molecule is CCCCCCCC/C=C/C/C=C/CCC(=O)OC(COC(=O)CCCCCCCCCCCC)COP(=O)(O)O. The monoisotopic (exact) mass is 602 g/mol. The summed E-state index contributed by atoms with van der Waals surface area (Å²) in [4.78, 5) is 42.3. The highest BCUT2D eigenvalue weighted by Crippen LogP contribution is 2.35. The minimum Gasteiger partial charge on any atom is -0.462 e. The first-order valence-corrected chi connectivity index (χ1v) is 17.7. The van der Waals surface area contributed by atoms with Gasteiger partial charge in [0.2, 0.25) is 0 Å². The van der Waals surface area contributed by atoms with Gasteiger partial charge in [-0.1, -0.05) is 128 Å². The van der Waals surface area contributed by atoms with Crippen molar-refractivity contribution in [2.45, 2.75) is 155 Å². The molecule has 240 valence electrons. The highest BCUT2D eigenvalue weighted by molar-refractivity contribution is 7.46. The van der Waals surface area contributed by atoms with E-state index in [9.17, 15) is 14.2 Å². The largest absolute Gasteiger partial charge is 0.469 e. The molecule has 0 fully saturated rings. The maximum atomic E-state index is 12.2. The summed E-state index contributed by atoms with van der Waals surface area (Å²) in [5, 5.41) is 0. The Kier molecular flexibility index (Phi) is 27.6. The Morgan fingerprint density at radius 3 is 1.71 bits per heavy atom. The van der Waals surface area contributed by atoms with E-state index in [0.717, 1.165) is 32.1 Å². The van der Waals surface area contributed by atoms with E-state index in [4.69, 9.17) is 19.3 Å². The molecule has 0 aliphatic carbocycles. The lowest BCUT2D eigenvalue weighted by molar-refractivity contribution is -0.161. The van der Waals surface area contributed by atoms with Gasteiger partial charge in [-0.3, -0.25) is 14.1 Å². The summed E-state index contributed by atoms with van der Waals surface area (Å²) in [6.07, 6.45) is 29.2. The van der Waals surface area contributed by atoms with E-state index in [2.05, 4.69) is 30.5 Å². The standard InChI is InChI=1S/C32H59O8P/c1-3-5-7-9-11-13-15-16-17-19-21-23-25-27-32(34)40-30(29-39-41(35,36)37)28-38-31(33)26-24-22-20-18-14-12-10-8-6-4-2/h16-17,21,23,30H,3-15,18-20,22,24-29H2,1-2H3,(H2,35,36,37)/b17-16+,23-21+. The number of hydrogen-bond acceptors (Lipinski definition) is 6. The van der Waals surface area contributed by atoms with E-state index in [1.54, 1.807) is 0 Å². The van der Waals surface area contributed by atoms with Gasteiger partial charge in [0.05, 0.1) is 6.61 Å². The Balaban J connectivity index is 4.13. The van der Waals surface area contributed by atoms with E-state index < -0.39 is 32.5 Å². The second-order valence-corrected chi connectivity index (χ2v) is 12.0. The molecular weight excluding hydrogens is 543 g/mol. The third-order valence-electron chi connectivity index (χ3n) is 6.74. The van der Waals surface area contributed by atoms with Crippen molar-refractivity contribution in [2.24, 2.45) is 0 Å². The predicted molar refractivity (Wildman–Crippen MR) is 165 cm³/mol. The number of esters is 2. The Morgan fingerprint density at radius 2 is 1.15 bits per heavy atom. The first kappa shape index (κ1) is 39.5. The second kappa shape index (κ2) is 28.6. The van der Waals surface area contributed by atoms with Crippen LogP contribution in [0.1, 0.15) is 149 Å². The van der Waals surface area contributed by atoms with Crippen LogP contribution in [0.2, 0.25) is 0 Å². The molecule has 0 aliphatic heterocycles. The van der Waals surface area contributed by atoms with Gasteiger partial charge in [0, 0.05) is 12.8 Å². The fourth-order valence-electron chi connectivity index (χ4n) is 4.31. The molecular formula is C32H59O8P. The number of carbonyl (C=O) groups excluding carboxylic acids is 2. The van der Waals surface area contributed by atoms with Crippen LogP contribution in [-0.2, 0) is 28.2 Å². The molecule has 0 radical (unpaired) electrons. The van der Waals surface area contributed by atoms with Crippen LogP contribution >= 0.6 is 7.82 Å². The molecule has 0 amide bonds. The van der Waals surface area contributed by atoms with Gasteiger partial charge in [0.1, 0.15) is 6.61 Å². The molecule has 0 bridgehead atoms. The molecule has 0 rings (SSSR count). The van der Waals surface area contributed by atoms with Crippen molar-refractivity contribution in [1.29, 1.82) is 0 Å². The summed E-state index contributed by atoms with van der Waals surface area (Å²) in [5.74, 6) is -0.965. The lowest BCUT2D eigenvalue weighted by Gasteiger charge is -2.18. The van der Waals surface area contributed by atoms with Crippen LogP contribution in [0.3, 0.4) is 0 Å². The molecule has 0 aromatic carbocycles. The van der Waals surface area contributed by atoms with Crippen molar-refractivity contribution in [3.05, 3.63) is 24.3 Å². The Labute approximate surface area is 249 Å². The summed E-state index contributed by atoms with van der Waals surface area (Å²) in [6, 6.07) is 0. The molecule has 0 aromatic heterocycles. The summed E-state index contributed by atoms with van der Waals surface area (Å²) in [5.41, 5.74) is 0. The van der Waals surface area contributed by atoms with E-state index in [1.165, 1.54) is 83.5 Å². The van der Waals surface area contributed by atoms with Crippen LogP contribution in [0.5, 0.6) is 0 Å². The number of ether oxygens (including phenoxy) is 2. The highest BCUT2D eigenvalue weighted by Gasteiger charge is 2.22. The van der Waals surface area contributed by atoms with E-state index in [0.29, 0.717) is 6.42 Å². The predicted octanol–water partition coefficient (Wildman–Crippen LogP) is 8.90. The maximum Gasteiger partial charge on any atom is 0.469 e. The first-order valence-electron chi connectivity index (χ1n) is 16.1. The van der Waals surface area contributed by atoms with Crippen molar-refractivity contribution >= 4 is 19.8 Å².